The molecule has 112 valence electrons. The number of carbonyl (C=O) groups is 1. The molecule has 0 aliphatic heterocycles. The van der Waals surface area contributed by atoms with Crippen molar-refractivity contribution in [3.05, 3.63) is 52.8 Å². The Labute approximate surface area is 126 Å². The summed E-state index contributed by atoms with van der Waals surface area (Å²) in [5.41, 5.74) is 4.09. The van der Waals surface area contributed by atoms with Crippen molar-refractivity contribution in [3.63, 3.8) is 0 Å². The first-order valence-corrected chi connectivity index (χ1v) is 7.47. The summed E-state index contributed by atoms with van der Waals surface area (Å²) >= 11 is 0. The van der Waals surface area contributed by atoms with Crippen molar-refractivity contribution in [2.24, 2.45) is 7.05 Å². The molecule has 1 aromatic heterocycles. The van der Waals surface area contributed by atoms with Crippen molar-refractivity contribution < 1.29 is 4.79 Å². The molecule has 0 saturated carbocycles. The summed E-state index contributed by atoms with van der Waals surface area (Å²) in [5, 5.41) is 7.31. The highest BCUT2D eigenvalue weighted by Gasteiger charge is 2.12. The second-order valence-corrected chi connectivity index (χ2v) is 5.39. The molecule has 0 atom stereocenters. The zero-order chi connectivity index (χ0) is 15.2. The lowest BCUT2D eigenvalue weighted by atomic mass is 10.1. The largest absolute Gasteiger partial charge is 0.350 e. The molecule has 0 saturated heterocycles. The number of nitrogens with one attached hydrogen (secondary N) is 1. The van der Waals surface area contributed by atoms with E-state index in [2.05, 4.69) is 48.5 Å². The third-order valence-electron chi connectivity index (χ3n) is 3.49. The summed E-state index contributed by atoms with van der Waals surface area (Å²) in [6.07, 6.45) is 2.78. The van der Waals surface area contributed by atoms with E-state index in [-0.39, 0.29) is 5.91 Å². The zero-order valence-electron chi connectivity index (χ0n) is 13.0. The Bertz CT molecular complexity index is 599. The van der Waals surface area contributed by atoms with Gasteiger partial charge in [0.2, 0.25) is 0 Å². The van der Waals surface area contributed by atoms with Gasteiger partial charge >= 0.3 is 0 Å². The minimum atomic E-state index is -0.0561. The van der Waals surface area contributed by atoms with Crippen molar-refractivity contribution >= 4 is 5.91 Å². The average molecular weight is 285 g/mol. The molecule has 0 aliphatic rings. The summed E-state index contributed by atoms with van der Waals surface area (Å²) < 4.78 is 1.66. The molecule has 2 aromatic rings. The number of amides is 1. The second-order valence-electron chi connectivity index (χ2n) is 5.39. The predicted molar refractivity (Wildman–Crippen MR) is 84.4 cm³/mol. The quantitative estimate of drug-likeness (QED) is 0.887. The lowest BCUT2D eigenvalue weighted by molar-refractivity contribution is 0.0944. The van der Waals surface area contributed by atoms with Crippen LogP contribution in [0, 0.1) is 6.92 Å². The molecule has 0 fully saturated rings. The van der Waals surface area contributed by atoms with Crippen LogP contribution in [0.3, 0.4) is 0 Å². The highest BCUT2D eigenvalue weighted by Crippen LogP contribution is 2.06. The van der Waals surface area contributed by atoms with E-state index in [1.807, 2.05) is 13.1 Å². The van der Waals surface area contributed by atoms with Crippen LogP contribution in [0.25, 0.3) is 0 Å². The van der Waals surface area contributed by atoms with Crippen molar-refractivity contribution in [1.29, 1.82) is 0 Å². The monoisotopic (exact) mass is 285 g/mol. The summed E-state index contributed by atoms with van der Waals surface area (Å²) in [6, 6.07) is 10.3. The molecule has 1 amide bonds. The average Bonchev–Trinajstić information content (AvgIpc) is 2.82. The second kappa shape index (κ2) is 7.07. The number of carbonyl (C=O) groups excluding carboxylic acids is 1. The van der Waals surface area contributed by atoms with Gasteiger partial charge in [0, 0.05) is 13.6 Å². The first-order chi connectivity index (χ1) is 10.1. The fourth-order valence-corrected chi connectivity index (χ4v) is 2.28. The topological polar surface area (TPSA) is 46.9 Å². The van der Waals surface area contributed by atoms with E-state index < -0.39 is 0 Å². The molecule has 0 radical (unpaired) electrons. The van der Waals surface area contributed by atoms with E-state index in [1.54, 1.807) is 4.68 Å². The van der Waals surface area contributed by atoms with Crippen molar-refractivity contribution in [1.82, 2.24) is 15.1 Å². The van der Waals surface area contributed by atoms with Crippen LogP contribution in [0.1, 0.15) is 40.7 Å². The van der Waals surface area contributed by atoms with Crippen LogP contribution in [0.4, 0.5) is 0 Å². The molecule has 0 bridgehead atoms. The Morgan fingerprint density at radius 1 is 1.24 bits per heavy atom. The summed E-state index contributed by atoms with van der Waals surface area (Å²) in [6.45, 7) is 4.81. The molecule has 2 rings (SSSR count). The first kappa shape index (κ1) is 15.3. The highest BCUT2D eigenvalue weighted by molar-refractivity contribution is 5.92. The van der Waals surface area contributed by atoms with Gasteiger partial charge in [-0.2, -0.15) is 5.10 Å². The summed E-state index contributed by atoms with van der Waals surface area (Å²) in [4.78, 5) is 12.2. The molecule has 4 nitrogen and oxygen atoms in total. The molecule has 0 spiro atoms. The van der Waals surface area contributed by atoms with E-state index in [9.17, 15) is 4.79 Å². The zero-order valence-corrected chi connectivity index (χ0v) is 13.0. The van der Waals surface area contributed by atoms with Gasteiger partial charge < -0.3 is 5.32 Å². The molecular weight excluding hydrogens is 262 g/mol. The van der Waals surface area contributed by atoms with Crippen molar-refractivity contribution in [2.45, 2.75) is 33.1 Å². The number of aromatic nitrogens is 2. The minimum absolute atomic E-state index is 0.0561. The Balaban J connectivity index is 1.88. The number of aryl methyl sites for hydroxylation is 3. The lowest BCUT2D eigenvalue weighted by Gasteiger charge is -2.05. The molecule has 1 aromatic carbocycles. The molecule has 0 aliphatic carbocycles. The minimum Gasteiger partial charge on any atom is -0.350 e. The molecule has 1 heterocycles. The van der Waals surface area contributed by atoms with Gasteiger partial charge in [-0.25, -0.2) is 0 Å². The summed E-state index contributed by atoms with van der Waals surface area (Å²) in [5.74, 6) is -0.0561. The molecule has 1 N–H and O–H groups in total. The van der Waals surface area contributed by atoms with E-state index in [0.29, 0.717) is 12.2 Å². The van der Waals surface area contributed by atoms with Crippen LogP contribution < -0.4 is 5.32 Å². The van der Waals surface area contributed by atoms with Crippen molar-refractivity contribution in [2.75, 3.05) is 6.54 Å². The third kappa shape index (κ3) is 4.18. The standard InChI is InChI=1S/C17H23N3O/c1-4-5-15-12-16(20(3)19-15)17(21)18-11-10-14-8-6-13(2)7-9-14/h6-9,12H,4-5,10-11H2,1-3H3,(H,18,21). The maximum atomic E-state index is 12.2. The third-order valence-corrected chi connectivity index (χ3v) is 3.49. The van der Waals surface area contributed by atoms with E-state index >= 15 is 0 Å². The van der Waals surface area contributed by atoms with E-state index in [0.717, 1.165) is 25.0 Å². The van der Waals surface area contributed by atoms with Gasteiger partial charge in [-0.15, -0.1) is 0 Å². The normalized spacial score (nSPS) is 10.6. The fourth-order valence-electron chi connectivity index (χ4n) is 2.28. The Morgan fingerprint density at radius 2 is 1.95 bits per heavy atom. The number of hydrogen-bond donors (Lipinski definition) is 1. The van der Waals surface area contributed by atoms with Gasteiger partial charge in [0.15, 0.2) is 0 Å². The number of rotatable bonds is 6. The van der Waals surface area contributed by atoms with Gasteiger partial charge in [0.25, 0.3) is 5.91 Å². The van der Waals surface area contributed by atoms with Gasteiger partial charge in [-0.3, -0.25) is 9.48 Å². The van der Waals surface area contributed by atoms with E-state index in [1.165, 1.54) is 11.1 Å². The fraction of sp³-hybridized carbons (Fsp3) is 0.412. The van der Waals surface area contributed by atoms with Gasteiger partial charge in [0.1, 0.15) is 5.69 Å². The Morgan fingerprint density at radius 3 is 2.62 bits per heavy atom. The molecule has 21 heavy (non-hydrogen) atoms. The van der Waals surface area contributed by atoms with Crippen LogP contribution in [0.15, 0.2) is 30.3 Å². The van der Waals surface area contributed by atoms with Crippen molar-refractivity contribution in [3.8, 4) is 0 Å². The highest BCUT2D eigenvalue weighted by atomic mass is 16.2. The van der Waals surface area contributed by atoms with Crippen LogP contribution in [-0.4, -0.2) is 22.2 Å². The number of benzene rings is 1. The molecule has 4 heteroatoms. The van der Waals surface area contributed by atoms with Crippen LogP contribution in [0.5, 0.6) is 0 Å². The summed E-state index contributed by atoms with van der Waals surface area (Å²) in [7, 11) is 1.81. The Kier molecular flexibility index (Phi) is 5.14. The Hall–Kier alpha value is -2.10. The SMILES string of the molecule is CCCc1cc(C(=O)NCCc2ccc(C)cc2)n(C)n1. The van der Waals surface area contributed by atoms with Gasteiger partial charge in [-0.1, -0.05) is 43.2 Å². The molecular formula is C17H23N3O. The smallest absolute Gasteiger partial charge is 0.269 e. The van der Waals surface area contributed by atoms with Crippen LogP contribution >= 0.6 is 0 Å². The maximum absolute atomic E-state index is 12.2. The molecule has 0 unspecified atom stereocenters. The van der Waals surface area contributed by atoms with E-state index in [4.69, 9.17) is 0 Å². The number of nitrogens with zero attached hydrogens (tertiary/aromatic N) is 2. The van der Waals surface area contributed by atoms with Crippen LogP contribution in [0.2, 0.25) is 0 Å². The predicted octanol–water partition coefficient (Wildman–Crippen LogP) is 2.65. The van der Waals surface area contributed by atoms with Gasteiger partial charge in [-0.05, 0) is 31.4 Å². The van der Waals surface area contributed by atoms with Gasteiger partial charge in [0.05, 0.1) is 5.69 Å². The maximum Gasteiger partial charge on any atom is 0.269 e. The number of hydrogen-bond acceptors (Lipinski definition) is 2. The van der Waals surface area contributed by atoms with Crippen LogP contribution in [-0.2, 0) is 19.9 Å². The first-order valence-electron chi connectivity index (χ1n) is 7.47. The lowest BCUT2D eigenvalue weighted by Crippen LogP contribution is -2.27.